The van der Waals surface area contributed by atoms with Crippen LogP contribution in [0.3, 0.4) is 0 Å². The van der Waals surface area contributed by atoms with Crippen LogP contribution in [-0.2, 0) is 4.74 Å². The number of rotatable bonds is 5. The minimum atomic E-state index is -4.75. The molecule has 1 rings (SSSR count). The van der Waals surface area contributed by atoms with E-state index in [0.29, 0.717) is 0 Å². The molecule has 18 heavy (non-hydrogen) atoms. The molecule has 0 bridgehead atoms. The Balaban J connectivity index is 2.52. The third kappa shape index (κ3) is 5.34. The van der Waals surface area contributed by atoms with E-state index in [1.165, 1.54) is 0 Å². The second kappa shape index (κ2) is 6.03. The smallest absolute Gasteiger partial charge is 0.491 e. The first-order valence-electron chi connectivity index (χ1n) is 4.78. The van der Waals surface area contributed by atoms with Gasteiger partial charge in [-0.15, -0.1) is 13.2 Å². The highest BCUT2D eigenvalue weighted by molar-refractivity contribution is 6.58. The maximum absolute atomic E-state index is 13.0. The van der Waals surface area contributed by atoms with Gasteiger partial charge in [-0.3, -0.25) is 4.74 Å². The Bertz CT molecular complexity index is 397. The number of alkyl halides is 3. The van der Waals surface area contributed by atoms with Crippen molar-refractivity contribution in [2.24, 2.45) is 0 Å². The molecule has 9 heteroatoms. The number of ether oxygens (including phenoxy) is 2. The maximum Gasteiger partial charge on any atom is 0.522 e. The first-order chi connectivity index (χ1) is 8.28. The molecule has 0 aliphatic carbocycles. The molecule has 0 saturated heterocycles. The topological polar surface area (TPSA) is 58.9 Å². The fraction of sp³-hybridized carbons (Fsp3) is 0.333. The number of halogens is 4. The van der Waals surface area contributed by atoms with Crippen molar-refractivity contribution in [2.75, 3.05) is 13.2 Å². The third-order valence-electron chi connectivity index (χ3n) is 1.81. The SMILES string of the molecule is OB(O)c1cc(F)cc(OCCOC(F)(F)F)c1. The highest BCUT2D eigenvalue weighted by Crippen LogP contribution is 2.16. The lowest BCUT2D eigenvalue weighted by atomic mass is 9.80. The molecule has 1 aromatic carbocycles. The molecule has 0 aliphatic heterocycles. The van der Waals surface area contributed by atoms with Crippen LogP contribution in [0.5, 0.6) is 5.75 Å². The van der Waals surface area contributed by atoms with Gasteiger partial charge in [0.05, 0.1) is 6.61 Å². The number of benzene rings is 1. The van der Waals surface area contributed by atoms with Gasteiger partial charge in [-0.1, -0.05) is 0 Å². The van der Waals surface area contributed by atoms with Crippen LogP contribution in [0.15, 0.2) is 18.2 Å². The molecule has 100 valence electrons. The van der Waals surface area contributed by atoms with E-state index in [1.54, 1.807) is 0 Å². The minimum absolute atomic E-state index is 0.121. The van der Waals surface area contributed by atoms with Gasteiger partial charge in [0.15, 0.2) is 0 Å². The molecule has 0 amide bonds. The van der Waals surface area contributed by atoms with Crippen LogP contribution >= 0.6 is 0 Å². The largest absolute Gasteiger partial charge is 0.522 e. The molecule has 2 N–H and O–H groups in total. The van der Waals surface area contributed by atoms with Gasteiger partial charge >= 0.3 is 13.5 Å². The van der Waals surface area contributed by atoms with E-state index < -0.39 is 32.5 Å². The molecular weight excluding hydrogens is 259 g/mol. The van der Waals surface area contributed by atoms with Crippen LogP contribution in [0, 0.1) is 5.82 Å². The molecule has 0 unspecified atom stereocenters. The zero-order chi connectivity index (χ0) is 13.8. The summed E-state index contributed by atoms with van der Waals surface area (Å²) in [4.78, 5) is 0. The summed E-state index contributed by atoms with van der Waals surface area (Å²) < 4.78 is 56.0. The fourth-order valence-electron chi connectivity index (χ4n) is 1.13. The molecular formula is C9H9BF4O4. The highest BCUT2D eigenvalue weighted by atomic mass is 19.4. The zero-order valence-corrected chi connectivity index (χ0v) is 8.95. The van der Waals surface area contributed by atoms with Crippen LogP contribution < -0.4 is 10.2 Å². The lowest BCUT2D eigenvalue weighted by Crippen LogP contribution is -2.30. The lowest BCUT2D eigenvalue weighted by Gasteiger charge is -2.10. The van der Waals surface area contributed by atoms with E-state index >= 15 is 0 Å². The van der Waals surface area contributed by atoms with E-state index in [1.807, 2.05) is 0 Å². The van der Waals surface area contributed by atoms with Crippen molar-refractivity contribution >= 4 is 12.6 Å². The van der Waals surface area contributed by atoms with Gasteiger partial charge in [0.1, 0.15) is 18.2 Å². The summed E-state index contributed by atoms with van der Waals surface area (Å²) in [5.41, 5.74) is -0.165. The second-order valence-electron chi connectivity index (χ2n) is 3.24. The van der Waals surface area contributed by atoms with Crippen LogP contribution in [0.4, 0.5) is 17.6 Å². The summed E-state index contributed by atoms with van der Waals surface area (Å²) in [6, 6.07) is 2.87. The normalized spacial score (nSPS) is 11.4. The van der Waals surface area contributed by atoms with Crippen LogP contribution in [-0.4, -0.2) is 36.7 Å². The van der Waals surface area contributed by atoms with Gasteiger partial charge in [-0.2, -0.15) is 0 Å². The van der Waals surface area contributed by atoms with E-state index in [-0.39, 0.29) is 11.2 Å². The molecule has 0 saturated carbocycles. The quantitative estimate of drug-likeness (QED) is 0.461. The number of hydrogen-bond donors (Lipinski definition) is 2. The first kappa shape index (κ1) is 14.7. The average Bonchev–Trinajstić information content (AvgIpc) is 2.22. The van der Waals surface area contributed by atoms with Gasteiger partial charge in [0, 0.05) is 6.07 Å². The predicted octanol–water partition coefficient (Wildman–Crippen LogP) is 0.421. The Morgan fingerprint density at radius 3 is 2.33 bits per heavy atom. The Morgan fingerprint density at radius 1 is 1.11 bits per heavy atom. The van der Waals surface area contributed by atoms with E-state index in [0.717, 1.165) is 18.2 Å². The second-order valence-corrected chi connectivity index (χ2v) is 3.24. The Kier molecular flexibility index (Phi) is 4.94. The summed E-state index contributed by atoms with van der Waals surface area (Å²) in [5, 5.41) is 17.6. The minimum Gasteiger partial charge on any atom is -0.491 e. The van der Waals surface area contributed by atoms with Crippen molar-refractivity contribution in [3.8, 4) is 5.75 Å². The summed E-state index contributed by atoms with van der Waals surface area (Å²) in [6.07, 6.45) is -4.75. The van der Waals surface area contributed by atoms with Crippen molar-refractivity contribution in [3.63, 3.8) is 0 Å². The molecule has 0 radical (unpaired) electrons. The van der Waals surface area contributed by atoms with Crippen molar-refractivity contribution in [1.29, 1.82) is 0 Å². The van der Waals surface area contributed by atoms with Crippen LogP contribution in [0.25, 0.3) is 0 Å². The monoisotopic (exact) mass is 268 g/mol. The van der Waals surface area contributed by atoms with Crippen molar-refractivity contribution < 1.29 is 37.1 Å². The van der Waals surface area contributed by atoms with Gasteiger partial charge in [0.25, 0.3) is 0 Å². The van der Waals surface area contributed by atoms with Crippen molar-refractivity contribution in [1.82, 2.24) is 0 Å². The molecule has 0 fully saturated rings. The van der Waals surface area contributed by atoms with E-state index in [2.05, 4.69) is 4.74 Å². The predicted molar refractivity (Wildman–Crippen MR) is 53.7 cm³/mol. The fourth-order valence-corrected chi connectivity index (χ4v) is 1.13. The molecule has 0 atom stereocenters. The highest BCUT2D eigenvalue weighted by Gasteiger charge is 2.28. The lowest BCUT2D eigenvalue weighted by molar-refractivity contribution is -0.325. The summed E-state index contributed by atoms with van der Waals surface area (Å²) in [7, 11) is -1.89. The molecule has 0 spiro atoms. The molecule has 0 heterocycles. The molecule has 0 aliphatic rings. The maximum atomic E-state index is 13.0. The van der Waals surface area contributed by atoms with Gasteiger partial charge in [0.2, 0.25) is 0 Å². The van der Waals surface area contributed by atoms with Crippen molar-refractivity contribution in [3.05, 3.63) is 24.0 Å². The van der Waals surface area contributed by atoms with Crippen LogP contribution in [0.2, 0.25) is 0 Å². The molecule has 1 aromatic rings. The molecule has 0 aromatic heterocycles. The number of hydrogen-bond acceptors (Lipinski definition) is 4. The standard InChI is InChI=1S/C9H9BF4O4/c11-7-3-6(10(15)16)4-8(5-7)17-1-2-18-9(12,13)14/h3-5,15-16H,1-2H2. The third-order valence-corrected chi connectivity index (χ3v) is 1.81. The van der Waals surface area contributed by atoms with Gasteiger partial charge in [-0.05, 0) is 17.6 Å². The Hall–Kier alpha value is -1.32. The van der Waals surface area contributed by atoms with Crippen molar-refractivity contribution in [2.45, 2.75) is 6.36 Å². The zero-order valence-electron chi connectivity index (χ0n) is 8.95. The van der Waals surface area contributed by atoms with Gasteiger partial charge in [-0.25, -0.2) is 4.39 Å². The average molecular weight is 268 g/mol. The Labute approximate surface area is 99.9 Å². The first-order valence-corrected chi connectivity index (χ1v) is 4.78. The molecule has 4 nitrogen and oxygen atoms in total. The Morgan fingerprint density at radius 2 is 1.78 bits per heavy atom. The van der Waals surface area contributed by atoms with Crippen LogP contribution in [0.1, 0.15) is 0 Å². The van der Waals surface area contributed by atoms with E-state index in [4.69, 9.17) is 14.8 Å². The van der Waals surface area contributed by atoms with E-state index in [9.17, 15) is 17.6 Å². The van der Waals surface area contributed by atoms with Gasteiger partial charge < -0.3 is 14.8 Å². The summed E-state index contributed by atoms with van der Waals surface area (Å²) in [5.74, 6) is -0.920. The summed E-state index contributed by atoms with van der Waals surface area (Å²) >= 11 is 0. The summed E-state index contributed by atoms with van der Waals surface area (Å²) in [6.45, 7) is -1.21.